The molecule has 41 heavy (non-hydrogen) atoms. The topological polar surface area (TPSA) is 51.2 Å². The number of carbonyl (C=O) groups excluding carboxylic acids is 1. The summed E-state index contributed by atoms with van der Waals surface area (Å²) in [4.78, 5) is 16.6. The third-order valence-corrected chi connectivity index (χ3v) is 8.77. The van der Waals surface area contributed by atoms with Crippen molar-refractivity contribution >= 4 is 5.97 Å². The summed E-state index contributed by atoms with van der Waals surface area (Å²) >= 11 is 0. The number of unbranched alkanes of at least 4 members (excludes halogenated alkanes) is 7. The quantitative estimate of drug-likeness (QED) is 0.0550. The Morgan fingerprint density at radius 3 is 2.22 bits per heavy atom. The molecular formula is C35H70N2O4. The normalized spacial score (nSPS) is 18.2. The molecule has 0 bridgehead atoms. The lowest BCUT2D eigenvalue weighted by Gasteiger charge is -2.24. The number of likely N-dealkylation sites (tertiary alicyclic amines) is 1. The molecule has 6 nitrogen and oxygen atoms in total. The van der Waals surface area contributed by atoms with Crippen molar-refractivity contribution in [3.05, 3.63) is 0 Å². The summed E-state index contributed by atoms with van der Waals surface area (Å²) in [5, 5.41) is 0. The summed E-state index contributed by atoms with van der Waals surface area (Å²) in [5.41, 5.74) is 0.195. The van der Waals surface area contributed by atoms with Crippen LogP contribution in [0.15, 0.2) is 0 Å². The summed E-state index contributed by atoms with van der Waals surface area (Å²) in [7, 11) is 3.97. The van der Waals surface area contributed by atoms with E-state index in [1.54, 1.807) is 0 Å². The number of hydrogen-bond acceptors (Lipinski definition) is 6. The highest BCUT2D eigenvalue weighted by Crippen LogP contribution is 2.26. The Morgan fingerprint density at radius 1 is 0.902 bits per heavy atom. The first-order valence-electron chi connectivity index (χ1n) is 17.4. The summed E-state index contributed by atoms with van der Waals surface area (Å²) in [6.07, 6.45) is 21.1. The molecule has 0 radical (unpaired) electrons. The number of ether oxygens (including phenoxy) is 3. The van der Waals surface area contributed by atoms with Crippen LogP contribution in [-0.4, -0.2) is 81.7 Å². The maximum Gasteiger partial charge on any atom is 0.307 e. The van der Waals surface area contributed by atoms with Gasteiger partial charge in [0.05, 0.1) is 13.0 Å². The van der Waals surface area contributed by atoms with Crippen molar-refractivity contribution in [2.75, 3.05) is 53.7 Å². The van der Waals surface area contributed by atoms with Gasteiger partial charge in [0.2, 0.25) is 0 Å². The van der Waals surface area contributed by atoms with Crippen LogP contribution < -0.4 is 0 Å². The molecular weight excluding hydrogens is 512 g/mol. The van der Waals surface area contributed by atoms with Gasteiger partial charge in [0, 0.05) is 32.2 Å². The van der Waals surface area contributed by atoms with Crippen LogP contribution in [0, 0.1) is 11.3 Å². The first kappa shape index (κ1) is 38.3. The Morgan fingerprint density at radius 2 is 1.56 bits per heavy atom. The van der Waals surface area contributed by atoms with E-state index in [9.17, 15) is 4.79 Å². The fourth-order valence-corrected chi connectivity index (χ4v) is 6.06. The van der Waals surface area contributed by atoms with Gasteiger partial charge in [-0.25, -0.2) is 0 Å². The van der Waals surface area contributed by atoms with E-state index in [-0.39, 0.29) is 17.5 Å². The highest BCUT2D eigenvalue weighted by atomic mass is 16.7. The lowest BCUT2D eigenvalue weighted by molar-refractivity contribution is -0.148. The molecule has 0 aromatic carbocycles. The van der Waals surface area contributed by atoms with Crippen LogP contribution in [0.4, 0.5) is 0 Å². The van der Waals surface area contributed by atoms with Gasteiger partial charge in [-0.3, -0.25) is 9.69 Å². The molecule has 0 N–H and O–H groups in total. The van der Waals surface area contributed by atoms with Crippen LogP contribution in [0.1, 0.15) is 144 Å². The van der Waals surface area contributed by atoms with E-state index in [4.69, 9.17) is 14.2 Å². The lowest BCUT2D eigenvalue weighted by atomic mass is 9.88. The number of carbonyl (C=O) groups is 1. The monoisotopic (exact) mass is 583 g/mol. The first-order chi connectivity index (χ1) is 19.7. The number of rotatable bonds is 27. The molecule has 2 atom stereocenters. The average Bonchev–Trinajstić information content (AvgIpc) is 3.26. The molecule has 1 fully saturated rings. The molecule has 0 aromatic rings. The summed E-state index contributed by atoms with van der Waals surface area (Å²) in [5.74, 6) is 0.824. The zero-order valence-electron chi connectivity index (χ0n) is 28.5. The standard InChI is InChI=1S/C35H70N2O4/c1-8-10-14-19-32(20-15-11-9-2)21-18-26-39-30-40-29-35(4,5)23-16-12-13-17-24-37-28-33(27-31(37)3)41-34(38)22-25-36(6)7/h31-33H,8-30H2,1-7H3/t31-,33-/m1/s1. The van der Waals surface area contributed by atoms with Gasteiger partial charge in [0.1, 0.15) is 12.9 Å². The van der Waals surface area contributed by atoms with E-state index >= 15 is 0 Å². The smallest absolute Gasteiger partial charge is 0.307 e. The molecule has 0 aliphatic carbocycles. The SMILES string of the molecule is CCCCCC(CCCCC)CCCOCOCC(C)(C)CCCCCCN1C[C@H](OC(=O)CCN(C)C)C[C@H]1C. The summed E-state index contributed by atoms with van der Waals surface area (Å²) in [6, 6.07) is 0.498. The Labute approximate surface area is 255 Å². The van der Waals surface area contributed by atoms with Crippen molar-refractivity contribution in [1.29, 1.82) is 0 Å². The summed E-state index contributed by atoms with van der Waals surface area (Å²) in [6.45, 7) is 16.3. The predicted octanol–water partition coefficient (Wildman–Crippen LogP) is 8.47. The number of nitrogens with zero attached hydrogens (tertiary/aromatic N) is 2. The second kappa shape index (κ2) is 23.7. The fraction of sp³-hybridized carbons (Fsp3) is 0.971. The van der Waals surface area contributed by atoms with Crippen LogP contribution in [0.3, 0.4) is 0 Å². The molecule has 244 valence electrons. The van der Waals surface area contributed by atoms with E-state index in [1.165, 1.54) is 89.9 Å². The van der Waals surface area contributed by atoms with Gasteiger partial charge in [-0.2, -0.15) is 0 Å². The van der Waals surface area contributed by atoms with Crippen molar-refractivity contribution < 1.29 is 19.0 Å². The van der Waals surface area contributed by atoms with Crippen LogP contribution in [0.25, 0.3) is 0 Å². The van der Waals surface area contributed by atoms with Crippen molar-refractivity contribution in [3.8, 4) is 0 Å². The third kappa shape index (κ3) is 20.8. The van der Waals surface area contributed by atoms with Crippen molar-refractivity contribution in [3.63, 3.8) is 0 Å². The van der Waals surface area contributed by atoms with Crippen molar-refractivity contribution in [2.45, 2.75) is 156 Å². The molecule has 0 aromatic heterocycles. The summed E-state index contributed by atoms with van der Waals surface area (Å²) < 4.78 is 17.5. The van der Waals surface area contributed by atoms with E-state index < -0.39 is 0 Å². The van der Waals surface area contributed by atoms with Gasteiger partial charge in [-0.15, -0.1) is 0 Å². The van der Waals surface area contributed by atoms with Gasteiger partial charge in [0.25, 0.3) is 0 Å². The average molecular weight is 583 g/mol. The zero-order chi connectivity index (χ0) is 30.3. The molecule has 1 rings (SSSR count). The fourth-order valence-electron chi connectivity index (χ4n) is 6.06. The van der Waals surface area contributed by atoms with Crippen molar-refractivity contribution in [2.24, 2.45) is 11.3 Å². The van der Waals surface area contributed by atoms with E-state index in [1.807, 2.05) is 19.0 Å². The van der Waals surface area contributed by atoms with Gasteiger partial charge in [-0.1, -0.05) is 98.3 Å². The van der Waals surface area contributed by atoms with E-state index in [0.717, 1.165) is 51.6 Å². The Bertz CT molecular complexity index is 617. The van der Waals surface area contributed by atoms with E-state index in [0.29, 0.717) is 19.3 Å². The van der Waals surface area contributed by atoms with Crippen LogP contribution in [0.2, 0.25) is 0 Å². The second-order valence-electron chi connectivity index (χ2n) is 13.9. The first-order valence-corrected chi connectivity index (χ1v) is 17.4. The van der Waals surface area contributed by atoms with Gasteiger partial charge in [0.15, 0.2) is 0 Å². The lowest BCUT2D eigenvalue weighted by Crippen LogP contribution is -2.29. The molecule has 1 heterocycles. The Balaban J connectivity index is 2.06. The third-order valence-electron chi connectivity index (χ3n) is 8.77. The molecule has 0 saturated carbocycles. The predicted molar refractivity (Wildman–Crippen MR) is 173 cm³/mol. The Hall–Kier alpha value is -0.690. The van der Waals surface area contributed by atoms with Gasteiger partial charge < -0.3 is 19.1 Å². The largest absolute Gasteiger partial charge is 0.461 e. The van der Waals surface area contributed by atoms with Gasteiger partial charge >= 0.3 is 5.97 Å². The minimum Gasteiger partial charge on any atom is -0.461 e. The zero-order valence-corrected chi connectivity index (χ0v) is 28.5. The van der Waals surface area contributed by atoms with Crippen molar-refractivity contribution in [1.82, 2.24) is 9.80 Å². The maximum absolute atomic E-state index is 12.1. The molecule has 1 saturated heterocycles. The number of hydrogen-bond donors (Lipinski definition) is 0. The molecule has 1 aliphatic rings. The molecule has 0 unspecified atom stereocenters. The Kier molecular flexibility index (Phi) is 22.2. The second-order valence-corrected chi connectivity index (χ2v) is 13.9. The highest BCUT2D eigenvalue weighted by Gasteiger charge is 2.31. The minimum atomic E-state index is -0.0598. The molecule has 0 spiro atoms. The highest BCUT2D eigenvalue weighted by molar-refractivity contribution is 5.69. The van der Waals surface area contributed by atoms with Crippen LogP contribution in [-0.2, 0) is 19.0 Å². The van der Waals surface area contributed by atoms with Crippen LogP contribution >= 0.6 is 0 Å². The van der Waals surface area contributed by atoms with E-state index in [2.05, 4.69) is 39.5 Å². The molecule has 1 aliphatic heterocycles. The molecule has 6 heteroatoms. The molecule has 0 amide bonds. The number of esters is 1. The minimum absolute atomic E-state index is 0.0598. The van der Waals surface area contributed by atoms with Gasteiger partial charge in [-0.05, 0) is 64.6 Å². The van der Waals surface area contributed by atoms with Crippen LogP contribution in [0.5, 0.6) is 0 Å². The maximum atomic E-state index is 12.1.